The number of nitrogens with zero attached hydrogens (tertiary/aromatic N) is 4. The molecule has 27 heavy (non-hydrogen) atoms. The predicted octanol–water partition coefficient (Wildman–Crippen LogP) is 0.582. The van der Waals surface area contributed by atoms with Crippen LogP contribution in [0.1, 0.15) is 12.8 Å². The highest BCUT2D eigenvalue weighted by atomic mass is 16.6. The lowest BCUT2D eigenvalue weighted by Gasteiger charge is -2.31. The summed E-state index contributed by atoms with van der Waals surface area (Å²) in [6.45, 7) is 1.73. The molecule has 1 aliphatic rings. The summed E-state index contributed by atoms with van der Waals surface area (Å²) in [6, 6.07) is 4.96. The van der Waals surface area contributed by atoms with Gasteiger partial charge in [-0.1, -0.05) is 6.07 Å². The second-order valence-electron chi connectivity index (χ2n) is 6.32. The van der Waals surface area contributed by atoms with Crippen LogP contribution >= 0.6 is 0 Å². The smallest absolute Gasteiger partial charge is 0.376 e. The van der Waals surface area contributed by atoms with Gasteiger partial charge in [0.05, 0.1) is 11.5 Å². The van der Waals surface area contributed by atoms with Gasteiger partial charge in [0, 0.05) is 38.9 Å². The normalized spacial score (nSPS) is 15.1. The van der Waals surface area contributed by atoms with Crippen LogP contribution in [0.25, 0.3) is 5.65 Å². The Bertz CT molecular complexity index is 904. The van der Waals surface area contributed by atoms with E-state index in [-0.39, 0.29) is 17.6 Å². The van der Waals surface area contributed by atoms with Gasteiger partial charge in [-0.05, 0) is 25.0 Å². The molecule has 0 bridgehead atoms. The molecule has 0 saturated carbocycles. The first kappa shape index (κ1) is 18.8. The summed E-state index contributed by atoms with van der Waals surface area (Å²) in [5.41, 5.74) is -0.899. The fourth-order valence-corrected chi connectivity index (χ4v) is 3.22. The number of fused-ring (bicyclic) bond motifs is 1. The van der Waals surface area contributed by atoms with Crippen molar-refractivity contribution in [2.24, 2.45) is 5.92 Å². The number of methoxy groups -OCH3 is 1. The highest BCUT2D eigenvalue weighted by molar-refractivity contribution is 5.79. The Kier molecular flexibility index (Phi) is 5.65. The van der Waals surface area contributed by atoms with Gasteiger partial charge in [-0.2, -0.15) is 0 Å². The van der Waals surface area contributed by atoms with Crippen LogP contribution in [0.15, 0.2) is 29.2 Å². The lowest BCUT2D eigenvalue weighted by atomic mass is 9.96. The molecular weight excluding hydrogens is 354 g/mol. The first-order chi connectivity index (χ1) is 13.0. The molecule has 144 valence electrons. The Morgan fingerprint density at radius 3 is 2.81 bits per heavy atom. The molecule has 3 rings (SSSR count). The topological polar surface area (TPSA) is 119 Å². The van der Waals surface area contributed by atoms with Gasteiger partial charge >= 0.3 is 11.2 Å². The van der Waals surface area contributed by atoms with E-state index in [2.05, 4.69) is 10.3 Å². The second kappa shape index (κ2) is 8.12. The summed E-state index contributed by atoms with van der Waals surface area (Å²) in [4.78, 5) is 41.6. The summed E-state index contributed by atoms with van der Waals surface area (Å²) in [6.07, 6.45) is 2.52. The molecule has 0 unspecified atom stereocenters. The molecule has 0 aromatic carbocycles. The molecule has 0 atom stereocenters. The molecule has 2 aromatic rings. The summed E-state index contributed by atoms with van der Waals surface area (Å²) in [5, 5.41) is 14.3. The second-order valence-corrected chi connectivity index (χ2v) is 6.32. The number of anilines is 1. The van der Waals surface area contributed by atoms with E-state index in [1.807, 2.05) is 0 Å². The van der Waals surface area contributed by atoms with Crippen molar-refractivity contribution in [3.63, 3.8) is 0 Å². The molecule has 3 heterocycles. The number of carbonyl (C=O) groups excluding carboxylic acids is 1. The maximum absolute atomic E-state index is 12.5. The molecule has 2 aromatic heterocycles. The number of amides is 1. The third-order valence-corrected chi connectivity index (χ3v) is 4.65. The number of carbonyl (C=O) groups is 1. The van der Waals surface area contributed by atoms with Crippen molar-refractivity contribution < 1.29 is 14.5 Å². The number of pyridine rings is 1. The van der Waals surface area contributed by atoms with Crippen molar-refractivity contribution in [1.82, 2.24) is 14.7 Å². The predicted molar refractivity (Wildman–Crippen MR) is 97.9 cm³/mol. The first-order valence-corrected chi connectivity index (χ1v) is 8.70. The molecule has 1 N–H and O–H groups in total. The number of hydrogen-bond donors (Lipinski definition) is 1. The average Bonchev–Trinajstić information content (AvgIpc) is 2.68. The van der Waals surface area contributed by atoms with Crippen LogP contribution in [0.3, 0.4) is 0 Å². The van der Waals surface area contributed by atoms with Crippen LogP contribution in [-0.2, 0) is 9.53 Å². The highest BCUT2D eigenvalue weighted by Crippen LogP contribution is 2.27. The Balaban J connectivity index is 1.81. The highest BCUT2D eigenvalue weighted by Gasteiger charge is 2.32. The Morgan fingerprint density at radius 2 is 2.15 bits per heavy atom. The standard InChI is InChI=1S/C17H21N5O5/c1-27-11-7-18-16(23)12-5-9-20(10-6-12)15-14(22(25)26)17(24)21-8-3-2-4-13(21)19-15/h2-4,8,12H,5-7,9-11H2,1H3,(H,18,23). The van der Waals surface area contributed by atoms with Crippen LogP contribution in [0.4, 0.5) is 11.5 Å². The average molecular weight is 375 g/mol. The zero-order valence-corrected chi connectivity index (χ0v) is 15.0. The van der Waals surface area contributed by atoms with Gasteiger partial charge in [0.15, 0.2) is 0 Å². The fraction of sp³-hybridized carbons (Fsp3) is 0.471. The van der Waals surface area contributed by atoms with E-state index in [0.29, 0.717) is 44.7 Å². The van der Waals surface area contributed by atoms with Gasteiger partial charge in [0.1, 0.15) is 5.65 Å². The Hall–Kier alpha value is -3.01. The zero-order chi connectivity index (χ0) is 19.4. The molecule has 1 saturated heterocycles. The molecule has 0 radical (unpaired) electrons. The number of piperidine rings is 1. The van der Waals surface area contributed by atoms with Crippen LogP contribution in [0.5, 0.6) is 0 Å². The van der Waals surface area contributed by atoms with E-state index in [1.165, 1.54) is 6.20 Å². The molecule has 0 spiro atoms. The van der Waals surface area contributed by atoms with E-state index in [1.54, 1.807) is 30.2 Å². The van der Waals surface area contributed by atoms with Crippen LogP contribution in [-0.4, -0.2) is 53.6 Å². The lowest BCUT2D eigenvalue weighted by Crippen LogP contribution is -2.42. The van der Waals surface area contributed by atoms with Crippen molar-refractivity contribution in [3.8, 4) is 0 Å². The summed E-state index contributed by atoms with van der Waals surface area (Å²) in [5.74, 6) is -0.152. The van der Waals surface area contributed by atoms with Crippen LogP contribution in [0, 0.1) is 16.0 Å². The minimum absolute atomic E-state index is 0.0484. The van der Waals surface area contributed by atoms with Crippen molar-refractivity contribution >= 4 is 23.1 Å². The summed E-state index contributed by atoms with van der Waals surface area (Å²) in [7, 11) is 1.57. The van der Waals surface area contributed by atoms with Gasteiger partial charge in [-0.15, -0.1) is 0 Å². The van der Waals surface area contributed by atoms with Crippen LogP contribution in [0.2, 0.25) is 0 Å². The zero-order valence-electron chi connectivity index (χ0n) is 15.0. The SMILES string of the molecule is COCCNC(=O)C1CCN(c2nc3ccccn3c(=O)c2[N+](=O)[O-])CC1. The van der Waals surface area contributed by atoms with Crippen LogP contribution < -0.4 is 15.8 Å². The molecule has 0 aliphatic carbocycles. The number of ether oxygens (including phenoxy) is 1. The fourth-order valence-electron chi connectivity index (χ4n) is 3.22. The third-order valence-electron chi connectivity index (χ3n) is 4.65. The van der Waals surface area contributed by atoms with Crippen molar-refractivity contribution in [1.29, 1.82) is 0 Å². The van der Waals surface area contributed by atoms with Gasteiger partial charge in [-0.25, -0.2) is 4.98 Å². The summed E-state index contributed by atoms with van der Waals surface area (Å²) >= 11 is 0. The van der Waals surface area contributed by atoms with E-state index < -0.39 is 16.2 Å². The van der Waals surface area contributed by atoms with E-state index >= 15 is 0 Å². The third kappa shape index (κ3) is 3.90. The molecular formula is C17H21N5O5. The number of nitro groups is 1. The lowest BCUT2D eigenvalue weighted by molar-refractivity contribution is -0.385. The summed E-state index contributed by atoms with van der Waals surface area (Å²) < 4.78 is 6.07. The maximum atomic E-state index is 12.5. The van der Waals surface area contributed by atoms with E-state index in [4.69, 9.17) is 4.74 Å². The number of nitrogens with one attached hydrogen (secondary N) is 1. The monoisotopic (exact) mass is 375 g/mol. The van der Waals surface area contributed by atoms with Crippen molar-refractivity contribution in [2.75, 3.05) is 38.3 Å². The Morgan fingerprint density at radius 1 is 1.41 bits per heavy atom. The first-order valence-electron chi connectivity index (χ1n) is 8.70. The number of hydrogen-bond acceptors (Lipinski definition) is 7. The van der Waals surface area contributed by atoms with Gasteiger partial charge < -0.3 is 15.0 Å². The van der Waals surface area contributed by atoms with Crippen molar-refractivity contribution in [2.45, 2.75) is 12.8 Å². The molecule has 10 heteroatoms. The Labute approximate surface area is 154 Å². The van der Waals surface area contributed by atoms with Gasteiger partial charge in [-0.3, -0.25) is 24.1 Å². The number of aromatic nitrogens is 2. The minimum Gasteiger partial charge on any atom is -0.383 e. The van der Waals surface area contributed by atoms with Gasteiger partial charge in [0.2, 0.25) is 11.7 Å². The number of rotatable bonds is 6. The van der Waals surface area contributed by atoms with Crippen molar-refractivity contribution in [3.05, 3.63) is 44.9 Å². The molecule has 1 aliphatic heterocycles. The van der Waals surface area contributed by atoms with E-state index in [0.717, 1.165) is 4.40 Å². The quantitative estimate of drug-likeness (QED) is 0.446. The van der Waals surface area contributed by atoms with Gasteiger partial charge in [0.25, 0.3) is 0 Å². The maximum Gasteiger partial charge on any atom is 0.376 e. The largest absolute Gasteiger partial charge is 0.383 e. The van der Waals surface area contributed by atoms with E-state index in [9.17, 15) is 19.7 Å². The molecule has 1 fully saturated rings. The molecule has 10 nitrogen and oxygen atoms in total. The molecule has 1 amide bonds. The minimum atomic E-state index is -0.708.